The molecule has 0 saturated carbocycles. The zero-order valence-electron chi connectivity index (χ0n) is 10.7. The van der Waals surface area contributed by atoms with E-state index >= 15 is 0 Å². The van der Waals surface area contributed by atoms with Gasteiger partial charge in [-0.1, -0.05) is 6.07 Å². The minimum Gasteiger partial charge on any atom is -0.469 e. The van der Waals surface area contributed by atoms with Crippen molar-refractivity contribution in [1.82, 2.24) is 4.98 Å². The molecule has 0 radical (unpaired) electrons. The molecule has 0 spiro atoms. The number of esters is 1. The highest BCUT2D eigenvalue weighted by molar-refractivity contribution is 5.89. The molecule has 94 valence electrons. The molecule has 18 heavy (non-hydrogen) atoms. The maximum absolute atomic E-state index is 11.6. The highest BCUT2D eigenvalue weighted by Crippen LogP contribution is 2.22. The van der Waals surface area contributed by atoms with Crippen molar-refractivity contribution >= 4 is 16.9 Å². The minimum absolute atomic E-state index is 0.112. The molecule has 1 aromatic carbocycles. The summed E-state index contributed by atoms with van der Waals surface area (Å²) in [7, 11) is 1.34. The van der Waals surface area contributed by atoms with Crippen molar-refractivity contribution in [3.05, 3.63) is 45.2 Å². The van der Waals surface area contributed by atoms with Gasteiger partial charge in [0.05, 0.1) is 13.5 Å². The number of pyridine rings is 1. The molecule has 0 aliphatic heterocycles. The van der Waals surface area contributed by atoms with E-state index in [4.69, 9.17) is 0 Å². The number of carbonyl (C=O) groups is 1. The quantitative estimate of drug-likeness (QED) is 0.821. The van der Waals surface area contributed by atoms with E-state index in [0.717, 1.165) is 22.0 Å². The molecule has 0 atom stereocenters. The summed E-state index contributed by atoms with van der Waals surface area (Å²) in [5.41, 5.74) is 3.38. The van der Waals surface area contributed by atoms with Gasteiger partial charge in [0.1, 0.15) is 0 Å². The number of carbonyl (C=O) groups excluding carboxylic acids is 1. The Kier molecular flexibility index (Phi) is 3.19. The fraction of sp³-hybridized carbons (Fsp3) is 0.286. The number of nitrogens with one attached hydrogen (secondary N) is 1. The van der Waals surface area contributed by atoms with Crippen LogP contribution in [0.15, 0.2) is 23.0 Å². The second kappa shape index (κ2) is 4.64. The molecule has 0 unspecified atom stereocenters. The molecule has 1 heterocycles. The monoisotopic (exact) mass is 245 g/mol. The van der Waals surface area contributed by atoms with Crippen molar-refractivity contribution in [2.75, 3.05) is 7.11 Å². The van der Waals surface area contributed by atoms with E-state index in [-0.39, 0.29) is 17.9 Å². The molecule has 4 heteroatoms. The topological polar surface area (TPSA) is 59.2 Å². The molecule has 1 aromatic heterocycles. The first-order valence-electron chi connectivity index (χ1n) is 5.71. The minimum atomic E-state index is -0.345. The number of benzene rings is 1. The Morgan fingerprint density at radius 2 is 2.00 bits per heavy atom. The fourth-order valence-electron chi connectivity index (χ4n) is 2.26. The second-order valence-corrected chi connectivity index (χ2v) is 4.42. The molecule has 0 amide bonds. The SMILES string of the molecule is COC(=O)Cc1cc(=O)[nH]c2cc(C)cc(C)c12. The highest BCUT2D eigenvalue weighted by Gasteiger charge is 2.11. The zero-order chi connectivity index (χ0) is 13.3. The van der Waals surface area contributed by atoms with Gasteiger partial charge in [-0.15, -0.1) is 0 Å². The molecular weight excluding hydrogens is 230 g/mol. The number of fused-ring (bicyclic) bond motifs is 1. The van der Waals surface area contributed by atoms with Crippen LogP contribution >= 0.6 is 0 Å². The average molecular weight is 245 g/mol. The Balaban J connectivity index is 2.72. The van der Waals surface area contributed by atoms with E-state index in [1.807, 2.05) is 26.0 Å². The van der Waals surface area contributed by atoms with E-state index < -0.39 is 0 Å². The van der Waals surface area contributed by atoms with E-state index in [2.05, 4.69) is 9.72 Å². The van der Waals surface area contributed by atoms with Crippen LogP contribution in [0, 0.1) is 13.8 Å². The summed E-state index contributed by atoms with van der Waals surface area (Å²) >= 11 is 0. The van der Waals surface area contributed by atoms with E-state index in [1.165, 1.54) is 13.2 Å². The molecule has 0 aliphatic rings. The van der Waals surface area contributed by atoms with Gasteiger partial charge in [-0.05, 0) is 36.6 Å². The number of hydrogen-bond donors (Lipinski definition) is 1. The molecule has 2 aromatic rings. The lowest BCUT2D eigenvalue weighted by Crippen LogP contribution is -2.12. The summed E-state index contributed by atoms with van der Waals surface area (Å²) in [5.74, 6) is -0.345. The second-order valence-electron chi connectivity index (χ2n) is 4.42. The predicted molar refractivity (Wildman–Crippen MR) is 69.8 cm³/mol. The standard InChI is InChI=1S/C14H15NO3/c1-8-4-9(2)14-10(7-13(17)18-3)6-12(16)15-11(14)5-8/h4-6H,7H2,1-3H3,(H,15,16). The molecule has 0 aliphatic carbocycles. The summed E-state index contributed by atoms with van der Waals surface area (Å²) in [5, 5.41) is 0.922. The van der Waals surface area contributed by atoms with E-state index in [1.54, 1.807) is 0 Å². The van der Waals surface area contributed by atoms with Crippen molar-refractivity contribution in [3.8, 4) is 0 Å². The maximum Gasteiger partial charge on any atom is 0.310 e. The molecule has 0 bridgehead atoms. The van der Waals surface area contributed by atoms with Crippen molar-refractivity contribution < 1.29 is 9.53 Å². The highest BCUT2D eigenvalue weighted by atomic mass is 16.5. The number of H-pyrrole nitrogens is 1. The number of aromatic nitrogens is 1. The van der Waals surface area contributed by atoms with E-state index in [0.29, 0.717) is 5.56 Å². The lowest BCUT2D eigenvalue weighted by molar-refractivity contribution is -0.139. The van der Waals surface area contributed by atoms with Crippen LogP contribution in [0.2, 0.25) is 0 Å². The van der Waals surface area contributed by atoms with Crippen LogP contribution in [0.25, 0.3) is 10.9 Å². The summed E-state index contributed by atoms with van der Waals surface area (Å²) in [4.78, 5) is 25.8. The third-order valence-electron chi connectivity index (χ3n) is 2.93. The lowest BCUT2D eigenvalue weighted by Gasteiger charge is -2.09. The smallest absolute Gasteiger partial charge is 0.310 e. The third kappa shape index (κ3) is 2.27. The van der Waals surface area contributed by atoms with Gasteiger partial charge in [0.15, 0.2) is 0 Å². The van der Waals surface area contributed by atoms with Crippen LogP contribution in [-0.2, 0) is 16.0 Å². The maximum atomic E-state index is 11.6. The van der Waals surface area contributed by atoms with Gasteiger partial charge in [-0.2, -0.15) is 0 Å². The number of aromatic amines is 1. The average Bonchev–Trinajstić information content (AvgIpc) is 2.26. The van der Waals surface area contributed by atoms with Crippen LogP contribution in [0.3, 0.4) is 0 Å². The predicted octanol–water partition coefficient (Wildman–Crippen LogP) is 1.86. The Hall–Kier alpha value is -2.10. The molecular formula is C14H15NO3. The van der Waals surface area contributed by atoms with Crippen molar-refractivity contribution in [2.24, 2.45) is 0 Å². The number of ether oxygens (including phenoxy) is 1. The summed E-state index contributed by atoms with van der Waals surface area (Å²) in [6.07, 6.45) is 0.112. The normalized spacial score (nSPS) is 10.6. The largest absolute Gasteiger partial charge is 0.469 e. The van der Waals surface area contributed by atoms with Gasteiger partial charge in [0.2, 0.25) is 5.56 Å². The van der Waals surface area contributed by atoms with Crippen LogP contribution in [-0.4, -0.2) is 18.1 Å². The Bertz CT molecular complexity index is 671. The van der Waals surface area contributed by atoms with Gasteiger partial charge in [-0.3, -0.25) is 9.59 Å². The molecule has 0 fully saturated rings. The van der Waals surface area contributed by atoms with Gasteiger partial charge >= 0.3 is 5.97 Å². The third-order valence-corrected chi connectivity index (χ3v) is 2.93. The summed E-state index contributed by atoms with van der Waals surface area (Å²) in [6.45, 7) is 3.94. The van der Waals surface area contributed by atoms with Crippen LogP contribution in [0.1, 0.15) is 16.7 Å². The summed E-state index contributed by atoms with van der Waals surface area (Å²) in [6, 6.07) is 5.40. The first-order valence-corrected chi connectivity index (χ1v) is 5.71. The van der Waals surface area contributed by atoms with Crippen LogP contribution < -0.4 is 5.56 Å². The fourth-order valence-corrected chi connectivity index (χ4v) is 2.26. The number of hydrogen-bond acceptors (Lipinski definition) is 3. The van der Waals surface area contributed by atoms with Gasteiger partial charge in [-0.25, -0.2) is 0 Å². The zero-order valence-corrected chi connectivity index (χ0v) is 10.7. The van der Waals surface area contributed by atoms with Crippen LogP contribution in [0.4, 0.5) is 0 Å². The van der Waals surface area contributed by atoms with Crippen molar-refractivity contribution in [2.45, 2.75) is 20.3 Å². The van der Waals surface area contributed by atoms with Gasteiger partial charge in [0.25, 0.3) is 0 Å². The molecule has 2 rings (SSSR count). The van der Waals surface area contributed by atoms with Crippen LogP contribution in [0.5, 0.6) is 0 Å². The Morgan fingerprint density at radius 3 is 2.67 bits per heavy atom. The molecule has 0 saturated heterocycles. The summed E-state index contributed by atoms with van der Waals surface area (Å²) < 4.78 is 4.66. The lowest BCUT2D eigenvalue weighted by atomic mass is 10.00. The van der Waals surface area contributed by atoms with Gasteiger partial charge < -0.3 is 9.72 Å². The number of methoxy groups -OCH3 is 1. The van der Waals surface area contributed by atoms with E-state index in [9.17, 15) is 9.59 Å². The number of aryl methyl sites for hydroxylation is 2. The van der Waals surface area contributed by atoms with Crippen molar-refractivity contribution in [1.29, 1.82) is 0 Å². The Morgan fingerprint density at radius 1 is 1.28 bits per heavy atom. The molecule has 4 nitrogen and oxygen atoms in total. The Labute approximate surface area is 105 Å². The number of rotatable bonds is 2. The van der Waals surface area contributed by atoms with Gasteiger partial charge in [0, 0.05) is 17.0 Å². The first-order chi connectivity index (χ1) is 8.51. The van der Waals surface area contributed by atoms with Crippen molar-refractivity contribution in [3.63, 3.8) is 0 Å². The molecule has 1 N–H and O–H groups in total. The first kappa shape index (κ1) is 12.4.